The number of carbonyl (C=O) groups excluding carboxylic acids is 1. The molecule has 0 fully saturated rings. The monoisotopic (exact) mass is 342 g/mol. The third-order valence-electron chi connectivity index (χ3n) is 3.48. The van der Waals surface area contributed by atoms with Crippen LogP contribution in [0, 0.1) is 18.2 Å². The van der Waals surface area contributed by atoms with Gasteiger partial charge in [-0.25, -0.2) is 4.39 Å². The van der Waals surface area contributed by atoms with Crippen molar-refractivity contribution < 1.29 is 9.18 Å². The number of aromatic nitrogens is 3. The Kier molecular flexibility index (Phi) is 4.32. The minimum atomic E-state index is -0.432. The van der Waals surface area contributed by atoms with Crippen molar-refractivity contribution in [1.82, 2.24) is 14.3 Å². The standard InChI is InChI=1S/C17H15FN4OS/c1-4-10-21-15-12(18)6-5-7-14(15)24-17(21)20-16(23)13-8-9-19-22(13)11(2)3/h1,5-9,11H,10H2,2-3H3. The number of carbonyl (C=O) groups is 1. The largest absolute Gasteiger partial charge is 0.302 e. The summed E-state index contributed by atoms with van der Waals surface area (Å²) < 4.78 is 18.0. The van der Waals surface area contributed by atoms with E-state index in [0.717, 1.165) is 0 Å². The molecule has 0 aliphatic heterocycles. The van der Waals surface area contributed by atoms with Gasteiger partial charge in [0.1, 0.15) is 11.5 Å². The van der Waals surface area contributed by atoms with Gasteiger partial charge in [0.15, 0.2) is 4.80 Å². The zero-order valence-electron chi connectivity index (χ0n) is 13.2. The van der Waals surface area contributed by atoms with Crippen LogP contribution in [0.5, 0.6) is 0 Å². The molecule has 7 heteroatoms. The first-order valence-corrected chi connectivity index (χ1v) is 8.18. The van der Waals surface area contributed by atoms with Crippen LogP contribution in [0.4, 0.5) is 4.39 Å². The summed E-state index contributed by atoms with van der Waals surface area (Å²) in [5.74, 6) is 1.66. The first kappa shape index (κ1) is 16.1. The van der Waals surface area contributed by atoms with Crippen molar-refractivity contribution in [3.05, 3.63) is 46.8 Å². The Balaban J connectivity index is 2.18. The molecule has 2 heterocycles. The Morgan fingerprint density at radius 3 is 2.96 bits per heavy atom. The molecule has 3 aromatic rings. The molecule has 0 saturated heterocycles. The maximum atomic E-state index is 14.1. The van der Waals surface area contributed by atoms with Gasteiger partial charge in [-0.3, -0.25) is 9.48 Å². The Morgan fingerprint density at radius 1 is 1.46 bits per heavy atom. The van der Waals surface area contributed by atoms with Crippen molar-refractivity contribution in [1.29, 1.82) is 0 Å². The van der Waals surface area contributed by atoms with E-state index in [1.165, 1.54) is 17.4 Å². The van der Waals surface area contributed by atoms with E-state index < -0.39 is 5.91 Å². The van der Waals surface area contributed by atoms with Gasteiger partial charge in [0.25, 0.3) is 5.91 Å². The van der Waals surface area contributed by atoms with E-state index in [0.29, 0.717) is 20.7 Å². The smallest absolute Gasteiger partial charge is 0.297 e. The second kappa shape index (κ2) is 6.42. The summed E-state index contributed by atoms with van der Waals surface area (Å²) in [5, 5.41) is 4.13. The van der Waals surface area contributed by atoms with Gasteiger partial charge in [-0.05, 0) is 32.0 Å². The average molecular weight is 342 g/mol. The van der Waals surface area contributed by atoms with E-state index in [-0.39, 0.29) is 18.4 Å². The number of rotatable bonds is 3. The van der Waals surface area contributed by atoms with Gasteiger partial charge in [0.05, 0.1) is 16.8 Å². The van der Waals surface area contributed by atoms with Crippen LogP contribution in [0.15, 0.2) is 35.5 Å². The number of halogens is 1. The van der Waals surface area contributed by atoms with E-state index in [9.17, 15) is 9.18 Å². The summed E-state index contributed by atoms with van der Waals surface area (Å²) in [7, 11) is 0. The summed E-state index contributed by atoms with van der Waals surface area (Å²) in [4.78, 5) is 17.1. The molecule has 0 unspecified atom stereocenters. The fourth-order valence-electron chi connectivity index (χ4n) is 2.45. The molecule has 1 aromatic carbocycles. The number of hydrogen-bond acceptors (Lipinski definition) is 3. The van der Waals surface area contributed by atoms with Crippen molar-refractivity contribution in [3.63, 3.8) is 0 Å². The average Bonchev–Trinajstić information content (AvgIpc) is 3.14. The van der Waals surface area contributed by atoms with Crippen molar-refractivity contribution >= 4 is 27.5 Å². The lowest BCUT2D eigenvalue weighted by Gasteiger charge is -2.07. The summed E-state index contributed by atoms with van der Waals surface area (Å²) >= 11 is 1.23. The van der Waals surface area contributed by atoms with Gasteiger partial charge in [-0.2, -0.15) is 10.1 Å². The fourth-order valence-corrected chi connectivity index (χ4v) is 3.49. The lowest BCUT2D eigenvalue weighted by atomic mass is 10.3. The maximum Gasteiger partial charge on any atom is 0.297 e. The highest BCUT2D eigenvalue weighted by molar-refractivity contribution is 7.16. The topological polar surface area (TPSA) is 52.2 Å². The molecule has 0 bridgehead atoms. The molecule has 0 radical (unpaired) electrons. The number of terminal acetylenes is 1. The van der Waals surface area contributed by atoms with Gasteiger partial charge in [-0.1, -0.05) is 23.3 Å². The number of hydrogen-bond donors (Lipinski definition) is 0. The van der Waals surface area contributed by atoms with Crippen LogP contribution in [0.3, 0.4) is 0 Å². The lowest BCUT2D eigenvalue weighted by Crippen LogP contribution is -2.19. The van der Waals surface area contributed by atoms with Gasteiger partial charge < -0.3 is 4.57 Å². The highest BCUT2D eigenvalue weighted by Crippen LogP contribution is 2.20. The zero-order chi connectivity index (χ0) is 17.3. The van der Waals surface area contributed by atoms with Crippen molar-refractivity contribution in [3.8, 4) is 12.3 Å². The van der Waals surface area contributed by atoms with Crippen LogP contribution in [0.2, 0.25) is 0 Å². The number of para-hydroxylation sites is 1. The van der Waals surface area contributed by atoms with E-state index in [1.807, 2.05) is 13.8 Å². The molecule has 5 nitrogen and oxygen atoms in total. The molecule has 0 aliphatic carbocycles. The van der Waals surface area contributed by atoms with Gasteiger partial charge in [0, 0.05) is 12.2 Å². The Hall–Kier alpha value is -2.72. The predicted molar refractivity (Wildman–Crippen MR) is 91.1 cm³/mol. The van der Waals surface area contributed by atoms with E-state index >= 15 is 0 Å². The van der Waals surface area contributed by atoms with Crippen LogP contribution in [-0.2, 0) is 6.54 Å². The normalized spacial score (nSPS) is 12.0. The molecule has 0 aliphatic rings. The van der Waals surface area contributed by atoms with Gasteiger partial charge in [0.2, 0.25) is 0 Å². The van der Waals surface area contributed by atoms with Gasteiger partial charge in [-0.15, -0.1) is 6.42 Å². The molecule has 0 spiro atoms. The van der Waals surface area contributed by atoms with E-state index in [4.69, 9.17) is 6.42 Å². The van der Waals surface area contributed by atoms with Crippen LogP contribution < -0.4 is 4.80 Å². The first-order valence-electron chi connectivity index (χ1n) is 7.36. The van der Waals surface area contributed by atoms with Crippen LogP contribution in [0.1, 0.15) is 30.4 Å². The maximum absolute atomic E-state index is 14.1. The zero-order valence-corrected chi connectivity index (χ0v) is 14.0. The quantitative estimate of drug-likeness (QED) is 0.687. The SMILES string of the molecule is C#CCn1c(=NC(=O)c2ccnn2C(C)C)sc2cccc(F)c21. The second-order valence-electron chi connectivity index (χ2n) is 5.43. The number of fused-ring (bicyclic) bond motifs is 1. The van der Waals surface area contributed by atoms with Crippen molar-refractivity contribution in [2.24, 2.45) is 4.99 Å². The summed E-state index contributed by atoms with van der Waals surface area (Å²) in [6.07, 6.45) is 6.95. The summed E-state index contributed by atoms with van der Waals surface area (Å²) in [6, 6.07) is 6.41. The van der Waals surface area contributed by atoms with Crippen LogP contribution in [-0.4, -0.2) is 20.3 Å². The highest BCUT2D eigenvalue weighted by Gasteiger charge is 2.15. The minimum Gasteiger partial charge on any atom is -0.302 e. The molecular weight excluding hydrogens is 327 g/mol. The molecule has 0 N–H and O–H groups in total. The van der Waals surface area contributed by atoms with Crippen molar-refractivity contribution in [2.45, 2.75) is 26.4 Å². The van der Waals surface area contributed by atoms with Crippen molar-refractivity contribution in [2.75, 3.05) is 0 Å². The summed E-state index contributed by atoms with van der Waals surface area (Å²) in [6.45, 7) is 3.99. The van der Waals surface area contributed by atoms with E-state index in [2.05, 4.69) is 16.0 Å². The van der Waals surface area contributed by atoms with Crippen LogP contribution >= 0.6 is 11.3 Å². The Labute approximate surface area is 142 Å². The minimum absolute atomic E-state index is 0.0341. The second-order valence-corrected chi connectivity index (χ2v) is 6.44. The third-order valence-corrected chi connectivity index (χ3v) is 4.52. The molecule has 24 heavy (non-hydrogen) atoms. The Morgan fingerprint density at radius 2 is 2.25 bits per heavy atom. The number of thiazole rings is 1. The molecule has 0 saturated carbocycles. The third kappa shape index (κ3) is 2.76. The lowest BCUT2D eigenvalue weighted by molar-refractivity contribution is 0.0986. The van der Waals surface area contributed by atoms with Gasteiger partial charge >= 0.3 is 0 Å². The molecule has 1 amide bonds. The predicted octanol–water partition coefficient (Wildman–Crippen LogP) is 2.99. The van der Waals surface area contributed by atoms with Crippen LogP contribution in [0.25, 0.3) is 10.2 Å². The first-order chi connectivity index (χ1) is 11.5. The molecule has 0 atom stereocenters. The number of nitrogens with zero attached hydrogens (tertiary/aromatic N) is 4. The number of benzene rings is 1. The number of amides is 1. The Bertz CT molecular complexity index is 1020. The summed E-state index contributed by atoms with van der Waals surface area (Å²) in [5.41, 5.74) is 0.750. The highest BCUT2D eigenvalue weighted by atomic mass is 32.1. The molecular formula is C17H15FN4OS. The molecule has 122 valence electrons. The molecule has 3 rings (SSSR count). The molecule has 2 aromatic heterocycles. The fraction of sp³-hybridized carbons (Fsp3) is 0.235. The van der Waals surface area contributed by atoms with E-state index in [1.54, 1.807) is 33.6 Å².